The van der Waals surface area contributed by atoms with Crippen LogP contribution in [0.4, 0.5) is 0 Å². The Morgan fingerprint density at radius 3 is 2.15 bits per heavy atom. The van der Waals surface area contributed by atoms with Crippen molar-refractivity contribution in [3.63, 3.8) is 0 Å². The molecule has 0 saturated carbocycles. The number of amides is 1. The van der Waals surface area contributed by atoms with Crippen molar-refractivity contribution in [2.45, 2.75) is 18.9 Å². The van der Waals surface area contributed by atoms with Crippen LogP contribution in [-0.2, 0) is 14.3 Å². The number of carbonyl (C=O) groups is 3. The number of benzene rings is 1. The molecule has 0 bridgehead atoms. The van der Waals surface area contributed by atoms with Gasteiger partial charge in [0.25, 0.3) is 5.91 Å². The molecule has 0 aromatic heterocycles. The van der Waals surface area contributed by atoms with E-state index in [2.05, 4.69) is 5.32 Å². The van der Waals surface area contributed by atoms with E-state index < -0.39 is 11.6 Å². The van der Waals surface area contributed by atoms with E-state index in [-0.39, 0.29) is 30.2 Å². The zero-order valence-electron chi connectivity index (χ0n) is 14.9. The lowest BCUT2D eigenvalue weighted by Crippen LogP contribution is -2.37. The van der Waals surface area contributed by atoms with Crippen molar-refractivity contribution in [2.24, 2.45) is 0 Å². The number of ether oxygens (including phenoxy) is 3. The second-order valence-electron chi connectivity index (χ2n) is 5.66. The maximum atomic E-state index is 12.6. The van der Waals surface area contributed by atoms with E-state index >= 15 is 0 Å². The van der Waals surface area contributed by atoms with E-state index in [9.17, 15) is 14.4 Å². The Balaban J connectivity index is 2.10. The first-order valence-corrected chi connectivity index (χ1v) is 8.02. The van der Waals surface area contributed by atoms with Gasteiger partial charge in [0.2, 0.25) is 0 Å². The molecular formula is C19H21NO6. The molecule has 1 aromatic carbocycles. The van der Waals surface area contributed by atoms with Gasteiger partial charge in [-0.1, -0.05) is 6.07 Å². The molecule has 26 heavy (non-hydrogen) atoms. The number of allylic oxidation sites excluding steroid dienone is 2. The summed E-state index contributed by atoms with van der Waals surface area (Å²) >= 11 is 0. The van der Waals surface area contributed by atoms with Gasteiger partial charge in [-0.2, -0.15) is 0 Å². The number of rotatable bonds is 7. The van der Waals surface area contributed by atoms with Crippen LogP contribution in [0.25, 0.3) is 0 Å². The molecule has 1 amide bonds. The molecule has 138 valence electrons. The summed E-state index contributed by atoms with van der Waals surface area (Å²) in [5.74, 6) is -0.265. The third-order valence-electron chi connectivity index (χ3n) is 3.85. The molecule has 7 nitrogen and oxygen atoms in total. The molecule has 0 fully saturated rings. The highest BCUT2D eigenvalue weighted by Gasteiger charge is 2.30. The minimum absolute atomic E-state index is 0.185. The molecule has 0 atom stereocenters. The molecule has 0 unspecified atom stereocenters. The molecular weight excluding hydrogens is 338 g/mol. The minimum Gasteiger partial charge on any atom is -0.496 e. The van der Waals surface area contributed by atoms with Crippen LogP contribution in [0.2, 0.25) is 0 Å². The molecule has 2 rings (SSSR count). The minimum atomic E-state index is -1.06. The maximum Gasteiger partial charge on any atom is 0.303 e. The predicted octanol–water partition coefficient (Wildman–Crippen LogP) is 1.82. The molecule has 1 aliphatic carbocycles. The van der Waals surface area contributed by atoms with Crippen molar-refractivity contribution in [1.82, 2.24) is 5.32 Å². The van der Waals surface area contributed by atoms with Gasteiger partial charge < -0.3 is 19.5 Å². The van der Waals surface area contributed by atoms with Crippen LogP contribution in [0.1, 0.15) is 23.7 Å². The second kappa shape index (κ2) is 8.33. The number of ketones is 1. The van der Waals surface area contributed by atoms with Crippen LogP contribution >= 0.6 is 0 Å². The van der Waals surface area contributed by atoms with Crippen molar-refractivity contribution < 1.29 is 28.6 Å². The largest absolute Gasteiger partial charge is 0.496 e. The molecule has 1 aliphatic rings. The molecule has 1 N–H and O–H groups in total. The Bertz CT molecular complexity index is 727. The predicted molar refractivity (Wildman–Crippen MR) is 94.3 cm³/mol. The number of hydrogen-bond donors (Lipinski definition) is 1. The van der Waals surface area contributed by atoms with Crippen molar-refractivity contribution in [1.29, 1.82) is 0 Å². The van der Waals surface area contributed by atoms with Crippen molar-refractivity contribution in [3.8, 4) is 11.5 Å². The summed E-state index contributed by atoms with van der Waals surface area (Å²) in [4.78, 5) is 35.3. The summed E-state index contributed by atoms with van der Waals surface area (Å²) in [6, 6.07) is 5.05. The number of nitrogens with one attached hydrogen (secondary N) is 1. The topological polar surface area (TPSA) is 90.9 Å². The molecule has 0 heterocycles. The van der Waals surface area contributed by atoms with Crippen molar-refractivity contribution in [3.05, 3.63) is 48.1 Å². The van der Waals surface area contributed by atoms with Crippen LogP contribution in [0.3, 0.4) is 0 Å². The lowest BCUT2D eigenvalue weighted by molar-refractivity contribution is -0.149. The monoisotopic (exact) mass is 359 g/mol. The standard InChI is InChI=1S/C19H21NO6/c1-13(21)26-19(9-7-14(22)8-10-19)11-12-20-18(23)17-15(24-2)5-4-6-16(17)25-3/h4-10H,11-12H2,1-3H3,(H,20,23). The van der Waals surface area contributed by atoms with Gasteiger partial charge >= 0.3 is 5.97 Å². The van der Waals surface area contributed by atoms with E-state index in [0.29, 0.717) is 11.5 Å². The van der Waals surface area contributed by atoms with Gasteiger partial charge in [-0.05, 0) is 36.4 Å². The lowest BCUT2D eigenvalue weighted by Gasteiger charge is -2.28. The van der Waals surface area contributed by atoms with E-state index in [0.717, 1.165) is 0 Å². The summed E-state index contributed by atoms with van der Waals surface area (Å²) in [6.45, 7) is 1.49. The van der Waals surface area contributed by atoms with Crippen LogP contribution in [0, 0.1) is 0 Å². The summed E-state index contributed by atoms with van der Waals surface area (Å²) < 4.78 is 15.8. The van der Waals surface area contributed by atoms with E-state index in [1.165, 1.54) is 45.4 Å². The van der Waals surface area contributed by atoms with Crippen LogP contribution in [-0.4, -0.2) is 44.0 Å². The van der Waals surface area contributed by atoms with Crippen LogP contribution < -0.4 is 14.8 Å². The highest BCUT2D eigenvalue weighted by atomic mass is 16.6. The fourth-order valence-electron chi connectivity index (χ4n) is 2.65. The quantitative estimate of drug-likeness (QED) is 0.747. The first kappa shape index (κ1) is 19.2. The number of hydrogen-bond acceptors (Lipinski definition) is 6. The first-order valence-electron chi connectivity index (χ1n) is 8.02. The highest BCUT2D eigenvalue weighted by Crippen LogP contribution is 2.28. The summed E-state index contributed by atoms with van der Waals surface area (Å²) in [5.41, 5.74) is -0.776. The summed E-state index contributed by atoms with van der Waals surface area (Å²) in [6.07, 6.45) is 6.00. The molecule has 0 saturated heterocycles. The van der Waals surface area contributed by atoms with Gasteiger partial charge in [0.1, 0.15) is 17.1 Å². The van der Waals surface area contributed by atoms with Gasteiger partial charge in [-0.3, -0.25) is 14.4 Å². The summed E-state index contributed by atoms with van der Waals surface area (Å²) in [5, 5.41) is 2.76. The smallest absolute Gasteiger partial charge is 0.303 e. The van der Waals surface area contributed by atoms with E-state index in [1.54, 1.807) is 18.2 Å². The van der Waals surface area contributed by atoms with Crippen molar-refractivity contribution >= 4 is 17.7 Å². The Labute approximate surface area is 151 Å². The number of esters is 1. The second-order valence-corrected chi connectivity index (χ2v) is 5.66. The molecule has 0 spiro atoms. The van der Waals surface area contributed by atoms with E-state index in [4.69, 9.17) is 14.2 Å². The van der Waals surface area contributed by atoms with Crippen LogP contribution in [0.5, 0.6) is 11.5 Å². The third-order valence-corrected chi connectivity index (χ3v) is 3.85. The SMILES string of the molecule is COc1cccc(OC)c1C(=O)NCCC1(OC(C)=O)C=CC(=O)C=C1. The highest BCUT2D eigenvalue weighted by molar-refractivity contribution is 6.01. The van der Waals surface area contributed by atoms with E-state index in [1.807, 2.05) is 0 Å². The van der Waals surface area contributed by atoms with Crippen LogP contribution in [0.15, 0.2) is 42.5 Å². The Morgan fingerprint density at radius 1 is 1.08 bits per heavy atom. The molecule has 0 aliphatic heterocycles. The van der Waals surface area contributed by atoms with Gasteiger partial charge in [-0.25, -0.2) is 0 Å². The van der Waals surface area contributed by atoms with Gasteiger partial charge in [0, 0.05) is 19.9 Å². The number of methoxy groups -OCH3 is 2. The average Bonchev–Trinajstić information content (AvgIpc) is 2.62. The molecule has 0 radical (unpaired) electrons. The Morgan fingerprint density at radius 2 is 1.65 bits per heavy atom. The third kappa shape index (κ3) is 4.50. The van der Waals surface area contributed by atoms with Gasteiger partial charge in [-0.15, -0.1) is 0 Å². The zero-order valence-corrected chi connectivity index (χ0v) is 14.9. The van der Waals surface area contributed by atoms with Crippen molar-refractivity contribution in [2.75, 3.05) is 20.8 Å². The Hall–Kier alpha value is -3.09. The molecule has 1 aromatic rings. The zero-order chi connectivity index (χ0) is 19.2. The Kier molecular flexibility index (Phi) is 6.16. The normalized spacial score (nSPS) is 14.7. The summed E-state index contributed by atoms with van der Waals surface area (Å²) in [7, 11) is 2.94. The average molecular weight is 359 g/mol. The lowest BCUT2D eigenvalue weighted by atomic mass is 9.93. The van der Waals surface area contributed by atoms with Gasteiger partial charge in [0.05, 0.1) is 14.2 Å². The fraction of sp³-hybridized carbons (Fsp3) is 0.316. The fourth-order valence-corrected chi connectivity index (χ4v) is 2.65. The first-order chi connectivity index (χ1) is 12.4. The molecule has 7 heteroatoms. The maximum absolute atomic E-state index is 12.6. The van der Waals surface area contributed by atoms with Gasteiger partial charge in [0.15, 0.2) is 11.4 Å². The number of carbonyl (C=O) groups excluding carboxylic acids is 3.